The van der Waals surface area contributed by atoms with Crippen molar-refractivity contribution in [3.63, 3.8) is 0 Å². The molecule has 5 heteroatoms. The second kappa shape index (κ2) is 15.4. The van der Waals surface area contributed by atoms with E-state index in [1.54, 1.807) is 10.4 Å². The maximum atomic E-state index is 13.8. The number of hydrogen-bond donors (Lipinski definition) is 0. The van der Waals surface area contributed by atoms with Crippen molar-refractivity contribution in [3.8, 4) is 0 Å². The van der Waals surface area contributed by atoms with Gasteiger partial charge in [-0.2, -0.15) is 4.31 Å². The number of rotatable bonds is 18. The van der Waals surface area contributed by atoms with Crippen LogP contribution in [-0.2, 0) is 10.0 Å². The van der Waals surface area contributed by atoms with Gasteiger partial charge in [-0.05, 0) is 25.0 Å². The highest BCUT2D eigenvalue weighted by atomic mass is 32.2. The summed E-state index contributed by atoms with van der Waals surface area (Å²) in [5.41, 5.74) is 1.04. The largest absolute Gasteiger partial charge is 0.377 e. The molecule has 0 spiro atoms. The Labute approximate surface area is 209 Å². The van der Waals surface area contributed by atoms with Gasteiger partial charge in [0.25, 0.3) is 0 Å². The number of anilines is 1. The summed E-state index contributed by atoms with van der Waals surface area (Å²) in [6, 6.07) is 11.6. The van der Waals surface area contributed by atoms with E-state index < -0.39 is 10.0 Å². The molecule has 34 heavy (non-hydrogen) atoms. The summed E-state index contributed by atoms with van der Waals surface area (Å²) in [7, 11) is 0.450. The molecule has 0 radical (unpaired) electrons. The minimum Gasteiger partial charge on any atom is -0.377 e. The van der Waals surface area contributed by atoms with Crippen LogP contribution in [0.4, 0.5) is 5.69 Å². The van der Waals surface area contributed by atoms with E-state index in [1.165, 1.54) is 51.4 Å². The summed E-state index contributed by atoms with van der Waals surface area (Å²) in [6.07, 6.45) is 15.6. The van der Waals surface area contributed by atoms with Gasteiger partial charge in [0.15, 0.2) is 0 Å². The topological polar surface area (TPSA) is 40.6 Å². The Hall–Kier alpha value is -1.59. The molecule has 0 bridgehead atoms. The molecule has 0 aliphatic rings. The van der Waals surface area contributed by atoms with E-state index in [4.69, 9.17) is 0 Å². The highest BCUT2D eigenvalue weighted by Gasteiger charge is 2.26. The van der Waals surface area contributed by atoms with Gasteiger partial charge >= 0.3 is 0 Å². The second-order valence-electron chi connectivity index (χ2n) is 9.82. The van der Waals surface area contributed by atoms with Crippen LogP contribution in [0.3, 0.4) is 0 Å². The molecule has 0 atom stereocenters. The molecule has 0 aromatic heterocycles. The lowest BCUT2D eigenvalue weighted by molar-refractivity contribution is 0.386. The number of unbranched alkanes of at least 4 members (excludes halogenated alkanes) is 11. The highest BCUT2D eigenvalue weighted by Crippen LogP contribution is 2.32. The zero-order valence-corrected chi connectivity index (χ0v) is 23.0. The molecular weight excluding hydrogens is 440 g/mol. The Kier molecular flexibility index (Phi) is 13.0. The van der Waals surface area contributed by atoms with Crippen molar-refractivity contribution in [1.29, 1.82) is 0 Å². The van der Waals surface area contributed by atoms with Crippen LogP contribution in [0.5, 0.6) is 0 Å². The molecule has 2 rings (SSSR count). The Balaban J connectivity index is 2.05. The van der Waals surface area contributed by atoms with Crippen LogP contribution < -0.4 is 4.90 Å². The maximum absolute atomic E-state index is 13.8. The molecular formula is C29H48N2O2S. The summed E-state index contributed by atoms with van der Waals surface area (Å²) < 4.78 is 29.4. The number of sulfonamides is 1. The smallest absolute Gasteiger partial charge is 0.243 e. The molecule has 0 fully saturated rings. The van der Waals surface area contributed by atoms with E-state index in [1.807, 2.05) is 49.3 Å². The molecule has 4 nitrogen and oxygen atoms in total. The Morgan fingerprint density at radius 3 is 1.68 bits per heavy atom. The molecule has 0 saturated carbocycles. The van der Waals surface area contributed by atoms with Gasteiger partial charge < -0.3 is 4.90 Å². The first-order chi connectivity index (χ1) is 16.4. The van der Waals surface area contributed by atoms with Gasteiger partial charge in [-0.1, -0.05) is 109 Å². The number of nitrogens with zero attached hydrogens (tertiary/aromatic N) is 2. The molecule has 2 aromatic rings. The summed E-state index contributed by atoms with van der Waals surface area (Å²) in [5, 5.41) is 1.80. The maximum Gasteiger partial charge on any atom is 0.243 e. The van der Waals surface area contributed by atoms with Gasteiger partial charge in [0.05, 0.1) is 4.90 Å². The van der Waals surface area contributed by atoms with Crippen molar-refractivity contribution >= 4 is 26.5 Å². The summed E-state index contributed by atoms with van der Waals surface area (Å²) in [5.74, 6) is 0. The van der Waals surface area contributed by atoms with E-state index in [0.717, 1.165) is 48.6 Å². The Morgan fingerprint density at radius 1 is 0.618 bits per heavy atom. The van der Waals surface area contributed by atoms with E-state index in [0.29, 0.717) is 18.0 Å². The first-order valence-electron chi connectivity index (χ1n) is 13.6. The Morgan fingerprint density at radius 2 is 1.09 bits per heavy atom. The third-order valence-electron chi connectivity index (χ3n) is 6.73. The Bertz CT molecular complexity index is 940. The normalized spacial score (nSPS) is 12.0. The lowest BCUT2D eigenvalue weighted by Crippen LogP contribution is -2.33. The summed E-state index contributed by atoms with van der Waals surface area (Å²) in [4.78, 5) is 2.49. The fourth-order valence-corrected chi connectivity index (χ4v) is 6.41. The SMILES string of the molecule is CCCCCCCCCCCCN(CCCCC)S(=O)(=O)c1cccc2c(N(C)C)cccc12. The van der Waals surface area contributed by atoms with Gasteiger partial charge in [-0.3, -0.25) is 0 Å². The summed E-state index contributed by atoms with van der Waals surface area (Å²) in [6.45, 7) is 5.64. The molecule has 0 aliphatic heterocycles. The van der Waals surface area contributed by atoms with Gasteiger partial charge in [0, 0.05) is 43.6 Å². The molecule has 192 valence electrons. The molecule has 0 amide bonds. The quantitative estimate of drug-likeness (QED) is 0.200. The average molecular weight is 489 g/mol. The molecule has 0 heterocycles. The second-order valence-corrected chi connectivity index (χ2v) is 11.7. The minimum absolute atomic E-state index is 0.442. The number of benzene rings is 2. The standard InChI is InChI=1S/C29H48N2O2S/c1-5-7-9-10-11-12-13-14-15-17-25-31(24-16-8-6-2)34(32,33)29-23-19-20-26-27(29)21-18-22-28(26)30(3)4/h18-23H,5-17,24-25H2,1-4H3. The van der Waals surface area contributed by atoms with E-state index in [2.05, 4.69) is 13.8 Å². The van der Waals surface area contributed by atoms with E-state index in [-0.39, 0.29) is 0 Å². The van der Waals surface area contributed by atoms with Crippen LogP contribution in [0, 0.1) is 0 Å². The first-order valence-corrected chi connectivity index (χ1v) is 15.1. The van der Waals surface area contributed by atoms with Crippen molar-refractivity contribution < 1.29 is 8.42 Å². The van der Waals surface area contributed by atoms with Crippen LogP contribution >= 0.6 is 0 Å². The fourth-order valence-electron chi connectivity index (χ4n) is 4.68. The van der Waals surface area contributed by atoms with Gasteiger partial charge in [0.1, 0.15) is 0 Å². The zero-order valence-electron chi connectivity index (χ0n) is 22.2. The molecule has 0 aliphatic carbocycles. The molecule has 0 unspecified atom stereocenters. The zero-order chi connectivity index (χ0) is 24.8. The van der Waals surface area contributed by atoms with E-state index in [9.17, 15) is 8.42 Å². The van der Waals surface area contributed by atoms with Crippen LogP contribution in [0.25, 0.3) is 10.8 Å². The number of hydrogen-bond acceptors (Lipinski definition) is 3. The van der Waals surface area contributed by atoms with Crippen molar-refractivity contribution in [1.82, 2.24) is 4.31 Å². The predicted octanol–water partition coefficient (Wildman–Crippen LogP) is 8.01. The van der Waals surface area contributed by atoms with Crippen molar-refractivity contribution in [2.24, 2.45) is 0 Å². The third kappa shape index (κ3) is 8.57. The molecule has 2 aromatic carbocycles. The van der Waals surface area contributed by atoms with Gasteiger partial charge in [0.2, 0.25) is 10.0 Å². The third-order valence-corrected chi connectivity index (χ3v) is 8.69. The number of fused-ring (bicyclic) bond motifs is 1. The van der Waals surface area contributed by atoms with Crippen molar-refractivity contribution in [2.45, 2.75) is 102 Å². The van der Waals surface area contributed by atoms with Crippen LogP contribution in [-0.4, -0.2) is 39.9 Å². The van der Waals surface area contributed by atoms with Crippen molar-refractivity contribution in [2.75, 3.05) is 32.1 Å². The first kappa shape index (κ1) is 28.6. The fraction of sp³-hybridized carbons (Fsp3) is 0.655. The monoisotopic (exact) mass is 488 g/mol. The van der Waals surface area contributed by atoms with Gasteiger partial charge in [-0.25, -0.2) is 8.42 Å². The summed E-state index contributed by atoms with van der Waals surface area (Å²) >= 11 is 0. The van der Waals surface area contributed by atoms with Crippen molar-refractivity contribution in [3.05, 3.63) is 36.4 Å². The minimum atomic E-state index is -3.55. The van der Waals surface area contributed by atoms with Crippen LogP contribution in [0.2, 0.25) is 0 Å². The molecule has 0 N–H and O–H groups in total. The lowest BCUT2D eigenvalue weighted by Gasteiger charge is -2.24. The van der Waals surface area contributed by atoms with Crippen LogP contribution in [0.15, 0.2) is 41.3 Å². The van der Waals surface area contributed by atoms with Crippen LogP contribution in [0.1, 0.15) is 97.3 Å². The van der Waals surface area contributed by atoms with E-state index >= 15 is 0 Å². The predicted molar refractivity (Wildman–Crippen MR) is 148 cm³/mol. The van der Waals surface area contributed by atoms with Gasteiger partial charge in [-0.15, -0.1) is 0 Å². The highest BCUT2D eigenvalue weighted by molar-refractivity contribution is 7.89. The average Bonchev–Trinajstić information content (AvgIpc) is 2.83. The lowest BCUT2D eigenvalue weighted by atomic mass is 10.1. The molecule has 0 saturated heterocycles.